The van der Waals surface area contributed by atoms with Gasteiger partial charge in [0.05, 0.1) is 13.2 Å². The van der Waals surface area contributed by atoms with E-state index in [1.54, 1.807) is 0 Å². The van der Waals surface area contributed by atoms with Gasteiger partial charge in [-0.1, -0.05) is 11.6 Å². The summed E-state index contributed by atoms with van der Waals surface area (Å²) < 4.78 is 5.64. The Balaban J connectivity index is 1.70. The monoisotopic (exact) mass is 279 g/mol. The van der Waals surface area contributed by atoms with Crippen LogP contribution in [0.3, 0.4) is 0 Å². The molecule has 1 saturated carbocycles. The number of benzene rings is 1. The Labute approximate surface area is 118 Å². The summed E-state index contributed by atoms with van der Waals surface area (Å²) >= 11 is 6.11. The topological polar surface area (TPSA) is 59.6 Å². The van der Waals surface area contributed by atoms with Crippen LogP contribution >= 0.6 is 11.6 Å². The average molecular weight is 280 g/mol. The Bertz CT molecular complexity index is 512. The van der Waals surface area contributed by atoms with Crippen LogP contribution in [-0.4, -0.2) is 18.6 Å². The van der Waals surface area contributed by atoms with Crippen molar-refractivity contribution in [1.82, 2.24) is 5.32 Å². The Morgan fingerprint density at radius 3 is 3.05 bits per heavy atom. The number of rotatable bonds is 3. The van der Waals surface area contributed by atoms with Crippen molar-refractivity contribution < 1.29 is 4.74 Å². The second-order valence-electron chi connectivity index (χ2n) is 5.13. The van der Waals surface area contributed by atoms with Crippen molar-refractivity contribution in [2.75, 3.05) is 6.61 Å². The summed E-state index contributed by atoms with van der Waals surface area (Å²) in [4.78, 5) is 4.38. The molecule has 0 aromatic heterocycles. The molecular weight excluding hydrogens is 262 g/mol. The van der Waals surface area contributed by atoms with Crippen LogP contribution in [0.25, 0.3) is 0 Å². The number of fused-ring (bicyclic) bond motifs is 1. The Morgan fingerprint density at radius 1 is 1.47 bits per heavy atom. The number of guanidine groups is 1. The summed E-state index contributed by atoms with van der Waals surface area (Å²) in [6.45, 7) is 1.23. The highest BCUT2D eigenvalue weighted by molar-refractivity contribution is 6.30. The summed E-state index contributed by atoms with van der Waals surface area (Å²) in [5.41, 5.74) is 8.06. The van der Waals surface area contributed by atoms with Crippen molar-refractivity contribution in [3.05, 3.63) is 28.3 Å². The molecule has 19 heavy (non-hydrogen) atoms. The first-order valence-electron chi connectivity index (χ1n) is 6.73. The predicted octanol–water partition coefficient (Wildman–Crippen LogP) is 2.23. The molecule has 1 heterocycles. The maximum Gasteiger partial charge on any atom is 0.189 e. The highest BCUT2D eigenvalue weighted by atomic mass is 35.5. The largest absolute Gasteiger partial charge is 0.493 e. The van der Waals surface area contributed by atoms with Gasteiger partial charge in [0, 0.05) is 23.0 Å². The molecule has 1 aliphatic heterocycles. The zero-order chi connectivity index (χ0) is 13.2. The van der Waals surface area contributed by atoms with E-state index in [1.807, 2.05) is 12.1 Å². The molecule has 1 fully saturated rings. The molecule has 1 aromatic carbocycles. The van der Waals surface area contributed by atoms with Crippen molar-refractivity contribution in [3.8, 4) is 5.75 Å². The molecule has 0 amide bonds. The maximum absolute atomic E-state index is 6.11. The van der Waals surface area contributed by atoms with Crippen molar-refractivity contribution >= 4 is 17.6 Å². The number of nitrogens with one attached hydrogen (secondary N) is 1. The maximum atomic E-state index is 6.11. The average Bonchev–Trinajstić information content (AvgIpc) is 2.78. The third-order valence-corrected chi connectivity index (χ3v) is 3.92. The van der Waals surface area contributed by atoms with Gasteiger partial charge in [0.15, 0.2) is 5.96 Å². The van der Waals surface area contributed by atoms with Crippen LogP contribution in [-0.2, 0) is 13.0 Å². The van der Waals surface area contributed by atoms with Crippen molar-refractivity contribution in [2.24, 2.45) is 10.7 Å². The van der Waals surface area contributed by atoms with E-state index < -0.39 is 0 Å². The second kappa shape index (κ2) is 5.29. The smallest absolute Gasteiger partial charge is 0.189 e. The number of ether oxygens (including phenoxy) is 1. The minimum absolute atomic E-state index is 0.505. The van der Waals surface area contributed by atoms with Crippen LogP contribution in [0.1, 0.15) is 30.4 Å². The third-order valence-electron chi connectivity index (χ3n) is 3.70. The van der Waals surface area contributed by atoms with Crippen LogP contribution in [0.4, 0.5) is 0 Å². The molecule has 5 heteroatoms. The van der Waals surface area contributed by atoms with E-state index in [0.29, 0.717) is 18.5 Å². The summed E-state index contributed by atoms with van der Waals surface area (Å²) in [6.07, 6.45) is 4.57. The van der Waals surface area contributed by atoms with Gasteiger partial charge in [-0.3, -0.25) is 0 Å². The van der Waals surface area contributed by atoms with Crippen LogP contribution in [0, 0.1) is 0 Å². The fourth-order valence-corrected chi connectivity index (χ4v) is 2.70. The van der Waals surface area contributed by atoms with Gasteiger partial charge in [-0.05, 0) is 37.0 Å². The molecule has 0 spiro atoms. The van der Waals surface area contributed by atoms with Gasteiger partial charge in [-0.15, -0.1) is 0 Å². The molecule has 0 bridgehead atoms. The van der Waals surface area contributed by atoms with E-state index in [9.17, 15) is 0 Å². The summed E-state index contributed by atoms with van der Waals surface area (Å²) in [5.74, 6) is 1.45. The lowest BCUT2D eigenvalue weighted by Crippen LogP contribution is -2.43. The Morgan fingerprint density at radius 2 is 2.32 bits per heavy atom. The van der Waals surface area contributed by atoms with Gasteiger partial charge in [0.2, 0.25) is 0 Å². The molecule has 3 rings (SSSR count). The molecule has 1 aliphatic carbocycles. The lowest BCUT2D eigenvalue weighted by Gasteiger charge is -2.26. The summed E-state index contributed by atoms with van der Waals surface area (Å²) in [7, 11) is 0. The zero-order valence-corrected chi connectivity index (χ0v) is 11.5. The van der Waals surface area contributed by atoms with E-state index in [-0.39, 0.29) is 0 Å². The number of hydrogen-bond acceptors (Lipinski definition) is 2. The molecule has 3 N–H and O–H groups in total. The molecule has 0 atom stereocenters. The van der Waals surface area contributed by atoms with Crippen LogP contribution in [0.5, 0.6) is 5.75 Å². The second-order valence-corrected chi connectivity index (χ2v) is 5.56. The van der Waals surface area contributed by atoms with Crippen molar-refractivity contribution in [3.63, 3.8) is 0 Å². The van der Waals surface area contributed by atoms with E-state index >= 15 is 0 Å². The fraction of sp³-hybridized carbons (Fsp3) is 0.500. The van der Waals surface area contributed by atoms with Gasteiger partial charge >= 0.3 is 0 Å². The van der Waals surface area contributed by atoms with Crippen molar-refractivity contribution in [1.29, 1.82) is 0 Å². The molecule has 0 radical (unpaired) electrons. The van der Waals surface area contributed by atoms with Gasteiger partial charge in [0.1, 0.15) is 5.75 Å². The lowest BCUT2D eigenvalue weighted by atomic mass is 9.93. The van der Waals surface area contributed by atoms with Crippen LogP contribution in [0.2, 0.25) is 5.02 Å². The van der Waals surface area contributed by atoms with Gasteiger partial charge in [-0.2, -0.15) is 0 Å². The lowest BCUT2D eigenvalue weighted by molar-refractivity contribution is 0.353. The predicted molar refractivity (Wildman–Crippen MR) is 76.8 cm³/mol. The molecule has 1 aromatic rings. The summed E-state index contributed by atoms with van der Waals surface area (Å²) in [6, 6.07) is 4.38. The minimum atomic E-state index is 0.505. The normalized spacial score (nSPS) is 18.7. The molecule has 0 saturated heterocycles. The zero-order valence-electron chi connectivity index (χ0n) is 10.8. The first-order chi connectivity index (χ1) is 9.22. The number of nitrogens with zero attached hydrogens (tertiary/aromatic N) is 1. The highest BCUT2D eigenvalue weighted by Crippen LogP contribution is 2.33. The van der Waals surface area contributed by atoms with E-state index in [2.05, 4.69) is 10.3 Å². The quantitative estimate of drug-likeness (QED) is 0.659. The standard InChI is InChI=1S/C14H18ClN3O/c15-11-6-9-4-5-19-13(9)10(7-11)8-17-14(16)18-12-2-1-3-12/h6-7,12H,1-5,8H2,(H3,16,17,18). The van der Waals surface area contributed by atoms with Crippen LogP contribution < -0.4 is 15.8 Å². The molecule has 2 aliphatic rings. The first-order valence-corrected chi connectivity index (χ1v) is 7.11. The highest BCUT2D eigenvalue weighted by Gasteiger charge is 2.19. The SMILES string of the molecule is NC(=NCc1cc(Cl)cc2c1OCC2)NC1CCC1. The number of nitrogens with two attached hydrogens (primary N) is 1. The van der Waals surface area contributed by atoms with Gasteiger partial charge in [-0.25, -0.2) is 4.99 Å². The minimum Gasteiger partial charge on any atom is -0.493 e. The summed E-state index contributed by atoms with van der Waals surface area (Å²) in [5, 5.41) is 3.96. The fourth-order valence-electron chi connectivity index (χ4n) is 2.44. The Hall–Kier alpha value is -1.42. The van der Waals surface area contributed by atoms with E-state index in [1.165, 1.54) is 24.8 Å². The molecular formula is C14H18ClN3O. The molecule has 102 valence electrons. The third kappa shape index (κ3) is 2.78. The van der Waals surface area contributed by atoms with Gasteiger partial charge in [0.25, 0.3) is 0 Å². The number of halogens is 1. The molecule has 4 nitrogen and oxygen atoms in total. The van der Waals surface area contributed by atoms with E-state index in [4.69, 9.17) is 22.1 Å². The van der Waals surface area contributed by atoms with Crippen LogP contribution in [0.15, 0.2) is 17.1 Å². The van der Waals surface area contributed by atoms with E-state index in [0.717, 1.165) is 29.4 Å². The number of aliphatic imine (C=N–C) groups is 1. The van der Waals surface area contributed by atoms with Gasteiger partial charge < -0.3 is 15.8 Å². The first kappa shape index (κ1) is 12.6. The number of hydrogen-bond donors (Lipinski definition) is 2. The molecule has 0 unspecified atom stereocenters. The van der Waals surface area contributed by atoms with Crippen molar-refractivity contribution in [2.45, 2.75) is 38.3 Å². The Kier molecular flexibility index (Phi) is 3.51.